The molecule has 3 aromatic carbocycles. The Labute approximate surface area is 375 Å². The third-order valence-corrected chi connectivity index (χ3v) is 14.9. The summed E-state index contributed by atoms with van der Waals surface area (Å²) in [5, 5.41) is 29.3. The average molecular weight is 896 g/mol. The molecule has 3 fully saturated rings. The molecule has 0 aromatic heterocycles. The second-order valence-corrected chi connectivity index (χ2v) is 18.8. The molecule has 3 aliphatic carbocycles. The predicted octanol–water partition coefficient (Wildman–Crippen LogP) is 5.62. The minimum Gasteiger partial charge on any atom is -0.456 e. The average Bonchev–Trinajstić information content (AvgIpc) is 3.26. The molecular formula is C49H53NO13S. The monoisotopic (exact) mass is 895 g/mol. The van der Waals surface area contributed by atoms with E-state index >= 15 is 4.79 Å². The number of rotatable bonds is 12. The Morgan fingerprint density at radius 2 is 1.47 bits per heavy atom. The molecular weight excluding hydrogens is 843 g/mol. The van der Waals surface area contributed by atoms with Crippen molar-refractivity contribution >= 4 is 47.3 Å². The predicted molar refractivity (Wildman–Crippen MR) is 233 cm³/mol. The molecule has 2 bridgehead atoms. The standard InChI is InChI=1S/C49H53NO13S/c1-8-64-35-24-34-48(26-59-34,63-29(4)52)40-42(62-44(56)32-22-16-11-17-23-32)49(58)25-33(27(2)36(46(49,5)6)39(60-28(3)51)41(54)47(35,40)7)61-45(57)38(53)37(30-18-12-9-13-19-30)50-43(55)31-20-14-10-15-21-31/h8-23,33-35,37-40,42,53,58H,1,24-26H2,2-7H3,(H,50,55)/t33?,34?,35?,37?,38?,39?,40?,42?,47-,48?,49?/m1/s1. The molecule has 4 aliphatic rings. The van der Waals surface area contributed by atoms with E-state index in [-0.39, 0.29) is 35.3 Å². The minimum absolute atomic E-state index is 0.0852. The van der Waals surface area contributed by atoms with E-state index in [9.17, 15) is 34.2 Å². The molecule has 3 N–H and O–H groups in total. The molecule has 1 aliphatic heterocycles. The molecule has 2 saturated carbocycles. The summed E-state index contributed by atoms with van der Waals surface area (Å²) < 4.78 is 31.0. The summed E-state index contributed by atoms with van der Waals surface area (Å²) in [6, 6.07) is 23.3. The quantitative estimate of drug-likeness (QED) is 0.115. The van der Waals surface area contributed by atoms with Gasteiger partial charge in [0.15, 0.2) is 23.6 Å². The molecule has 1 heterocycles. The molecule has 0 radical (unpaired) electrons. The summed E-state index contributed by atoms with van der Waals surface area (Å²) in [4.78, 5) is 84.5. The van der Waals surface area contributed by atoms with Crippen LogP contribution in [0.5, 0.6) is 0 Å². The zero-order valence-electron chi connectivity index (χ0n) is 36.5. The number of thioether (sulfide) groups is 1. The highest BCUT2D eigenvalue weighted by Gasteiger charge is 2.78. The first-order valence-electron chi connectivity index (χ1n) is 21.1. The van der Waals surface area contributed by atoms with Gasteiger partial charge in [0.2, 0.25) is 0 Å². The Hall–Kier alpha value is -5.61. The number of amides is 1. The summed E-state index contributed by atoms with van der Waals surface area (Å²) in [7, 11) is 0. The zero-order valence-corrected chi connectivity index (χ0v) is 37.3. The smallest absolute Gasteiger partial charge is 0.338 e. The lowest BCUT2D eigenvalue weighted by atomic mass is 9.45. The van der Waals surface area contributed by atoms with Crippen LogP contribution in [-0.2, 0) is 42.9 Å². The number of carbonyl (C=O) groups excluding carboxylic acids is 6. The number of Topliss-reactive ketones (excluding diaryl/α,β-unsaturated/α-hetero) is 1. The fourth-order valence-electron chi connectivity index (χ4n) is 10.5. The SMILES string of the molecule is C=CSC1CC2OCC2(OC(C)=O)C2C(OC(=O)c3ccccc3)C3(O)CC(OC(=O)C(O)C(NC(=O)c4ccccc4)c4ccccc4)C(C)=C(C(OC(C)=O)C(=O)[C@]12C)C3(C)C. The van der Waals surface area contributed by atoms with E-state index in [0.29, 0.717) is 5.56 Å². The van der Waals surface area contributed by atoms with Crippen molar-refractivity contribution < 1.29 is 62.7 Å². The number of hydrogen-bond donors (Lipinski definition) is 3. The largest absolute Gasteiger partial charge is 0.456 e. The Bertz CT molecular complexity index is 2350. The van der Waals surface area contributed by atoms with Gasteiger partial charge in [0.1, 0.15) is 23.9 Å². The Morgan fingerprint density at radius 1 is 0.875 bits per heavy atom. The molecule has 1 amide bonds. The van der Waals surface area contributed by atoms with Crippen molar-refractivity contribution in [3.63, 3.8) is 0 Å². The van der Waals surface area contributed by atoms with Gasteiger partial charge in [-0.3, -0.25) is 19.2 Å². The van der Waals surface area contributed by atoms with Gasteiger partial charge >= 0.3 is 23.9 Å². The van der Waals surface area contributed by atoms with Gasteiger partial charge in [-0.05, 0) is 59.7 Å². The molecule has 64 heavy (non-hydrogen) atoms. The van der Waals surface area contributed by atoms with Crippen LogP contribution in [0.3, 0.4) is 0 Å². The minimum atomic E-state index is -2.32. The van der Waals surface area contributed by atoms with Crippen LogP contribution in [0, 0.1) is 16.7 Å². The van der Waals surface area contributed by atoms with Crippen LogP contribution < -0.4 is 5.32 Å². The van der Waals surface area contributed by atoms with Crippen molar-refractivity contribution in [1.82, 2.24) is 5.32 Å². The number of hydrogen-bond acceptors (Lipinski definition) is 14. The van der Waals surface area contributed by atoms with Crippen LogP contribution in [0.15, 0.2) is 114 Å². The molecule has 3 aromatic rings. The van der Waals surface area contributed by atoms with Gasteiger partial charge in [-0.15, -0.1) is 11.8 Å². The van der Waals surface area contributed by atoms with Gasteiger partial charge in [0, 0.05) is 36.5 Å². The molecule has 11 atom stereocenters. The number of aliphatic hydroxyl groups excluding tert-OH is 1. The Kier molecular flexibility index (Phi) is 12.9. The summed E-state index contributed by atoms with van der Waals surface area (Å²) in [5.41, 5.74) is -6.21. The second kappa shape index (κ2) is 17.8. The number of ether oxygens (including phenoxy) is 5. The van der Waals surface area contributed by atoms with Crippen LogP contribution in [0.25, 0.3) is 0 Å². The van der Waals surface area contributed by atoms with Crippen LogP contribution in [-0.4, -0.2) is 99.4 Å². The zero-order chi connectivity index (χ0) is 46.4. The molecule has 14 nitrogen and oxygen atoms in total. The fraction of sp³-hybridized carbons (Fsp3) is 0.429. The normalized spacial score (nSPS) is 31.2. The summed E-state index contributed by atoms with van der Waals surface area (Å²) >= 11 is 1.21. The number of benzene rings is 3. The second-order valence-electron chi connectivity index (χ2n) is 17.6. The highest BCUT2D eigenvalue weighted by molar-refractivity contribution is 8.02. The maximum absolute atomic E-state index is 15.9. The van der Waals surface area contributed by atoms with E-state index in [1.165, 1.54) is 30.8 Å². The number of carbonyl (C=O) groups is 6. The first-order valence-corrected chi connectivity index (χ1v) is 22.0. The van der Waals surface area contributed by atoms with Crippen molar-refractivity contribution in [1.29, 1.82) is 0 Å². The van der Waals surface area contributed by atoms with Gasteiger partial charge < -0.3 is 39.2 Å². The van der Waals surface area contributed by atoms with Crippen molar-refractivity contribution in [2.45, 2.75) is 107 Å². The molecule has 15 heteroatoms. The number of esters is 4. The third-order valence-electron chi connectivity index (χ3n) is 13.7. The third kappa shape index (κ3) is 7.86. The van der Waals surface area contributed by atoms with Gasteiger partial charge in [-0.1, -0.05) is 94.1 Å². The van der Waals surface area contributed by atoms with Gasteiger partial charge in [-0.2, -0.15) is 0 Å². The van der Waals surface area contributed by atoms with E-state index in [4.69, 9.17) is 23.7 Å². The molecule has 7 rings (SSSR count). The van der Waals surface area contributed by atoms with E-state index in [1.807, 2.05) is 0 Å². The molecule has 1 saturated heterocycles. The topological polar surface area (TPSA) is 201 Å². The van der Waals surface area contributed by atoms with Crippen LogP contribution in [0.2, 0.25) is 0 Å². The lowest BCUT2D eigenvalue weighted by Gasteiger charge is -2.68. The number of ketones is 1. The maximum Gasteiger partial charge on any atom is 0.338 e. The lowest BCUT2D eigenvalue weighted by Crippen LogP contribution is -2.81. The Morgan fingerprint density at radius 3 is 2.02 bits per heavy atom. The van der Waals surface area contributed by atoms with E-state index < -0.39 is 112 Å². The Balaban J connectivity index is 1.41. The number of fused-ring (bicyclic) bond motifs is 5. The molecule has 0 spiro atoms. The summed E-state index contributed by atoms with van der Waals surface area (Å²) in [6.07, 6.45) is -8.04. The molecule has 10 unspecified atom stereocenters. The van der Waals surface area contributed by atoms with Crippen LogP contribution in [0.4, 0.5) is 0 Å². The van der Waals surface area contributed by atoms with Crippen molar-refractivity contribution in [2.24, 2.45) is 16.7 Å². The highest BCUT2D eigenvalue weighted by atomic mass is 32.2. The summed E-state index contributed by atoms with van der Waals surface area (Å²) in [5.74, 6) is -6.21. The highest BCUT2D eigenvalue weighted by Crippen LogP contribution is 2.66. The van der Waals surface area contributed by atoms with Crippen molar-refractivity contribution in [3.05, 3.63) is 131 Å². The van der Waals surface area contributed by atoms with Gasteiger partial charge in [-0.25, -0.2) is 9.59 Å². The summed E-state index contributed by atoms with van der Waals surface area (Å²) in [6.45, 7) is 12.5. The van der Waals surface area contributed by atoms with Gasteiger partial charge in [0.25, 0.3) is 5.91 Å². The first kappa shape index (κ1) is 46.4. The van der Waals surface area contributed by atoms with Crippen molar-refractivity contribution in [3.8, 4) is 0 Å². The first-order chi connectivity index (χ1) is 30.3. The van der Waals surface area contributed by atoms with E-state index in [2.05, 4.69) is 11.9 Å². The van der Waals surface area contributed by atoms with Crippen LogP contribution >= 0.6 is 11.8 Å². The lowest BCUT2D eigenvalue weighted by molar-refractivity contribution is -0.331. The fourth-order valence-corrected chi connectivity index (χ4v) is 11.5. The maximum atomic E-state index is 15.9. The number of aliphatic hydroxyl groups is 2. The number of nitrogens with one attached hydrogen (secondary N) is 1. The molecule has 338 valence electrons. The van der Waals surface area contributed by atoms with E-state index in [1.54, 1.807) is 112 Å². The van der Waals surface area contributed by atoms with Crippen molar-refractivity contribution in [2.75, 3.05) is 6.61 Å². The van der Waals surface area contributed by atoms with Gasteiger partial charge in [0.05, 0.1) is 29.5 Å². The van der Waals surface area contributed by atoms with E-state index in [0.717, 1.165) is 6.92 Å². The van der Waals surface area contributed by atoms with Crippen LogP contribution in [0.1, 0.15) is 86.7 Å².